The lowest BCUT2D eigenvalue weighted by atomic mass is 9.85. The summed E-state index contributed by atoms with van der Waals surface area (Å²) >= 11 is 4.17. The van der Waals surface area contributed by atoms with E-state index in [2.05, 4.69) is 39.2 Å². The van der Waals surface area contributed by atoms with Crippen molar-refractivity contribution in [3.63, 3.8) is 0 Å². The Bertz CT molecular complexity index is 1030. The number of carbonyl (C=O) groups is 6. The number of rotatable bonds is 24. The predicted octanol–water partition coefficient (Wildman–Crippen LogP) is -3.10. The van der Waals surface area contributed by atoms with Crippen LogP contribution in [-0.2, 0) is 28.8 Å². The van der Waals surface area contributed by atoms with Crippen molar-refractivity contribution in [1.82, 2.24) is 26.6 Å². The molecule has 0 unspecified atom stereocenters. The molecule has 1 aliphatic carbocycles. The first-order valence-corrected chi connectivity index (χ1v) is 17.5. The number of carboxylic acids is 1. The predicted molar refractivity (Wildman–Crippen MR) is 184 cm³/mol. The number of aliphatic carboxylic acids is 1. The molecule has 0 aromatic carbocycles. The fraction of sp³-hybridized carbons (Fsp3) is 0.800. The Hall–Kier alpha value is -3.03. The molecular weight excluding hydrogens is 644 g/mol. The van der Waals surface area contributed by atoms with Crippen LogP contribution in [-0.4, -0.2) is 109 Å². The van der Waals surface area contributed by atoms with Crippen LogP contribution in [0.2, 0.25) is 0 Å². The molecule has 0 saturated heterocycles. The number of carboxylic acid groups (broad SMARTS) is 1. The highest BCUT2D eigenvalue weighted by atomic mass is 32.1. The van der Waals surface area contributed by atoms with Gasteiger partial charge in [0.1, 0.15) is 30.2 Å². The molecule has 0 aromatic rings. The number of hydrogen-bond donors (Lipinski definition) is 12. The highest BCUT2D eigenvalue weighted by Gasteiger charge is 2.33. The van der Waals surface area contributed by atoms with Gasteiger partial charge in [-0.1, -0.05) is 32.1 Å². The third kappa shape index (κ3) is 15.9. The van der Waals surface area contributed by atoms with Crippen molar-refractivity contribution < 1.29 is 33.9 Å². The van der Waals surface area contributed by atoms with E-state index in [-0.39, 0.29) is 63.4 Å². The number of nitrogens with one attached hydrogen (secondary N) is 5. The van der Waals surface area contributed by atoms with E-state index in [1.54, 1.807) is 0 Å². The first-order chi connectivity index (χ1) is 22.9. The van der Waals surface area contributed by atoms with E-state index in [1.807, 2.05) is 0 Å². The second kappa shape index (κ2) is 24.2. The highest BCUT2D eigenvalue weighted by Crippen LogP contribution is 2.27. The van der Waals surface area contributed by atoms with Crippen LogP contribution in [0.5, 0.6) is 0 Å². The molecule has 0 aliphatic heterocycles. The molecule has 0 spiro atoms. The van der Waals surface area contributed by atoms with Crippen LogP contribution < -0.4 is 55.3 Å². The van der Waals surface area contributed by atoms with Gasteiger partial charge in [-0.15, -0.1) is 0 Å². The number of amides is 5. The lowest BCUT2D eigenvalue weighted by molar-refractivity contribution is -0.142. The van der Waals surface area contributed by atoms with E-state index < -0.39 is 71.8 Å². The van der Waals surface area contributed by atoms with Crippen molar-refractivity contribution in [2.75, 3.05) is 31.9 Å². The van der Waals surface area contributed by atoms with Gasteiger partial charge in [-0.2, -0.15) is 12.6 Å². The van der Waals surface area contributed by atoms with Crippen molar-refractivity contribution in [3.8, 4) is 0 Å². The minimum Gasteiger partial charge on any atom is -0.480 e. The SMILES string of the molecule is NCCCC[C@H](NC(=O)[C@@H](N)CCN)C(=O)N[C@@H](CCN)C(=O)N[C@@H](CCN)C(=O)N[C@@H](CS)C(=O)N[C@@H](CC1CCCCC1)C(=O)O. The molecule has 0 bridgehead atoms. The Balaban J connectivity index is 2.97. The minimum absolute atomic E-state index is 0.00390. The molecule has 48 heavy (non-hydrogen) atoms. The molecule has 0 radical (unpaired) electrons. The quantitative estimate of drug-likeness (QED) is 0.0352. The summed E-state index contributed by atoms with van der Waals surface area (Å²) in [7, 11) is 0. The first-order valence-electron chi connectivity index (χ1n) is 16.8. The lowest BCUT2D eigenvalue weighted by Gasteiger charge is -2.27. The second-order valence-corrected chi connectivity index (χ2v) is 12.6. The summed E-state index contributed by atoms with van der Waals surface area (Å²) in [5.74, 6) is -4.56. The third-order valence-corrected chi connectivity index (χ3v) is 8.66. The molecule has 1 saturated carbocycles. The average Bonchev–Trinajstić information content (AvgIpc) is 3.06. The number of carbonyl (C=O) groups excluding carboxylic acids is 5. The van der Waals surface area contributed by atoms with E-state index in [9.17, 15) is 33.9 Å². The van der Waals surface area contributed by atoms with E-state index in [1.165, 1.54) is 0 Å². The minimum atomic E-state index is -1.21. The normalized spacial score (nSPS) is 17.1. The topological polar surface area (TPSA) is 313 Å². The van der Waals surface area contributed by atoms with Crippen molar-refractivity contribution in [2.24, 2.45) is 34.6 Å². The molecule has 17 nitrogen and oxygen atoms in total. The molecule has 1 aliphatic rings. The summed E-state index contributed by atoms with van der Waals surface area (Å²) in [6, 6.07) is -6.65. The van der Waals surface area contributed by atoms with Crippen molar-refractivity contribution in [1.29, 1.82) is 0 Å². The summed E-state index contributed by atoms with van der Waals surface area (Å²) in [5.41, 5.74) is 28.3. The van der Waals surface area contributed by atoms with Crippen LogP contribution >= 0.6 is 12.6 Å². The van der Waals surface area contributed by atoms with Crippen molar-refractivity contribution >= 4 is 48.1 Å². The van der Waals surface area contributed by atoms with Crippen LogP contribution in [0.3, 0.4) is 0 Å². The molecule has 6 atom stereocenters. The second-order valence-electron chi connectivity index (χ2n) is 12.2. The fourth-order valence-electron chi connectivity index (χ4n) is 5.48. The Morgan fingerprint density at radius 3 is 1.48 bits per heavy atom. The molecule has 5 amide bonds. The van der Waals surface area contributed by atoms with E-state index >= 15 is 0 Å². The molecule has 1 fully saturated rings. The smallest absolute Gasteiger partial charge is 0.326 e. The Kier molecular flexibility index (Phi) is 21.6. The number of thiol groups is 1. The monoisotopic (exact) mass is 702 g/mol. The zero-order chi connectivity index (χ0) is 36.1. The third-order valence-electron chi connectivity index (χ3n) is 8.29. The van der Waals surface area contributed by atoms with Gasteiger partial charge in [0.25, 0.3) is 0 Å². The van der Waals surface area contributed by atoms with E-state index in [0.717, 1.165) is 32.1 Å². The molecule has 0 heterocycles. The van der Waals surface area contributed by atoms with Crippen LogP contribution in [0.4, 0.5) is 0 Å². The zero-order valence-corrected chi connectivity index (χ0v) is 28.7. The molecule has 18 heteroatoms. The Labute approximate surface area is 288 Å². The number of unbranched alkanes of at least 4 members (excludes halogenated alkanes) is 1. The maximum absolute atomic E-state index is 13.4. The largest absolute Gasteiger partial charge is 0.480 e. The molecular formula is C30H58N10O7S. The Morgan fingerprint density at radius 2 is 1.02 bits per heavy atom. The van der Waals surface area contributed by atoms with Gasteiger partial charge >= 0.3 is 5.97 Å². The first kappa shape index (κ1) is 43.0. The molecule has 0 aromatic heterocycles. The van der Waals surface area contributed by atoms with Gasteiger partial charge in [0, 0.05) is 5.75 Å². The van der Waals surface area contributed by atoms with Crippen molar-refractivity contribution in [3.05, 3.63) is 0 Å². The maximum Gasteiger partial charge on any atom is 0.326 e. The van der Waals surface area contributed by atoms with Gasteiger partial charge in [-0.25, -0.2) is 4.79 Å². The van der Waals surface area contributed by atoms with E-state index in [4.69, 9.17) is 28.7 Å². The van der Waals surface area contributed by atoms with Gasteiger partial charge in [0.15, 0.2) is 0 Å². The van der Waals surface area contributed by atoms with Crippen LogP contribution in [0.15, 0.2) is 0 Å². The van der Waals surface area contributed by atoms with Gasteiger partial charge in [0.05, 0.1) is 6.04 Å². The van der Waals surface area contributed by atoms with Gasteiger partial charge in [-0.3, -0.25) is 24.0 Å². The summed E-state index contributed by atoms with van der Waals surface area (Å²) < 4.78 is 0. The number of hydrogen-bond acceptors (Lipinski definition) is 12. The fourth-order valence-corrected chi connectivity index (χ4v) is 5.74. The Morgan fingerprint density at radius 1 is 0.583 bits per heavy atom. The van der Waals surface area contributed by atoms with Gasteiger partial charge in [-0.05, 0) is 77.0 Å². The maximum atomic E-state index is 13.4. The van der Waals surface area contributed by atoms with Crippen LogP contribution in [0.25, 0.3) is 0 Å². The van der Waals surface area contributed by atoms with Crippen LogP contribution in [0, 0.1) is 5.92 Å². The van der Waals surface area contributed by atoms with E-state index in [0.29, 0.717) is 19.4 Å². The summed E-state index contributed by atoms with van der Waals surface area (Å²) in [6.07, 6.45) is 6.75. The standard InChI is InChI=1S/C30H58N10O7S/c31-12-5-4-8-20(36-25(41)19(35)9-13-32)26(42)37-21(10-14-33)27(43)38-22(11-15-34)28(44)40-24(17-48)29(45)39-23(30(46)47)16-18-6-2-1-3-7-18/h18-24,48H,1-17,31-35H2,(H,36,41)(H,37,42)(H,38,43)(H,39,45)(H,40,44)(H,46,47)/t19-,20-,21-,22-,23-,24-/m0/s1. The summed E-state index contributed by atoms with van der Waals surface area (Å²) in [4.78, 5) is 77.4. The van der Waals surface area contributed by atoms with Gasteiger partial charge in [0.2, 0.25) is 29.5 Å². The average molecular weight is 703 g/mol. The highest BCUT2D eigenvalue weighted by molar-refractivity contribution is 7.80. The molecule has 16 N–H and O–H groups in total. The summed E-state index contributed by atoms with van der Waals surface area (Å²) in [6.45, 7) is 0.557. The lowest BCUT2D eigenvalue weighted by Crippen LogP contribution is -2.60. The van der Waals surface area contributed by atoms with Gasteiger partial charge < -0.3 is 60.4 Å². The molecule has 276 valence electrons. The number of nitrogens with two attached hydrogens (primary N) is 5. The zero-order valence-electron chi connectivity index (χ0n) is 27.8. The van der Waals surface area contributed by atoms with Crippen LogP contribution in [0.1, 0.15) is 77.0 Å². The summed E-state index contributed by atoms with van der Waals surface area (Å²) in [5, 5.41) is 22.5. The molecule has 1 rings (SSSR count). The van der Waals surface area contributed by atoms with Crippen molar-refractivity contribution in [2.45, 2.75) is 113 Å².